The molecule has 1 unspecified atom stereocenters. The average molecular weight is 575 g/mol. The van der Waals surface area contributed by atoms with E-state index in [1.807, 2.05) is 0 Å². The summed E-state index contributed by atoms with van der Waals surface area (Å²) in [5.74, 6) is -1.42. The molecule has 14 heteroatoms. The molecule has 1 N–H and O–H groups in total. The summed E-state index contributed by atoms with van der Waals surface area (Å²) in [5.41, 5.74) is -1.20. The van der Waals surface area contributed by atoms with Crippen molar-refractivity contribution in [3.8, 4) is 0 Å². The van der Waals surface area contributed by atoms with E-state index in [1.54, 1.807) is 6.07 Å². The Hall–Kier alpha value is -2.21. The van der Waals surface area contributed by atoms with Gasteiger partial charge in [0.2, 0.25) is 21.8 Å². The van der Waals surface area contributed by atoms with E-state index < -0.39 is 51.9 Å². The van der Waals surface area contributed by atoms with Gasteiger partial charge in [-0.1, -0.05) is 40.9 Å². The number of hydrogen-bond donors (Lipinski definition) is 1. The average Bonchev–Trinajstić information content (AvgIpc) is 2.76. The minimum Gasteiger partial charge on any atom is -0.357 e. The van der Waals surface area contributed by atoms with Crippen LogP contribution >= 0.6 is 34.8 Å². The zero-order valence-corrected chi connectivity index (χ0v) is 21.7. The van der Waals surface area contributed by atoms with Crippen LogP contribution in [0, 0.1) is 0 Å². The lowest BCUT2D eigenvalue weighted by Gasteiger charge is -2.31. The van der Waals surface area contributed by atoms with Crippen LogP contribution < -0.4 is 9.62 Å². The maximum absolute atomic E-state index is 13.3. The van der Waals surface area contributed by atoms with Gasteiger partial charge in [-0.2, -0.15) is 13.2 Å². The molecule has 35 heavy (non-hydrogen) atoms. The van der Waals surface area contributed by atoms with E-state index in [1.165, 1.54) is 26.1 Å². The summed E-state index contributed by atoms with van der Waals surface area (Å²) in [4.78, 5) is 26.7. The smallest absolute Gasteiger partial charge is 0.357 e. The molecule has 2 rings (SSSR count). The van der Waals surface area contributed by atoms with Gasteiger partial charge in [-0.05, 0) is 42.8 Å². The van der Waals surface area contributed by atoms with E-state index in [0.29, 0.717) is 22.0 Å². The summed E-state index contributed by atoms with van der Waals surface area (Å²) < 4.78 is 65.2. The van der Waals surface area contributed by atoms with E-state index in [9.17, 15) is 31.2 Å². The lowest BCUT2D eigenvalue weighted by atomic mass is 10.1. The SMILES string of the molecule is CNC(=O)C(C)N(Cc1ccc(Cl)c(Cl)c1)C(=O)CN(c1cc(C(F)(F)F)ccc1Cl)S(C)(=O)=O. The van der Waals surface area contributed by atoms with Gasteiger partial charge in [-0.25, -0.2) is 8.42 Å². The molecule has 192 valence electrons. The number of anilines is 1. The van der Waals surface area contributed by atoms with Gasteiger partial charge in [0.25, 0.3) is 0 Å². The number of alkyl halides is 3. The number of carbonyl (C=O) groups excluding carboxylic acids is 2. The number of sulfonamides is 1. The second-order valence-electron chi connectivity index (χ2n) is 7.49. The van der Waals surface area contributed by atoms with Crippen LogP contribution in [0.4, 0.5) is 18.9 Å². The maximum atomic E-state index is 13.3. The number of hydrogen-bond acceptors (Lipinski definition) is 4. The van der Waals surface area contributed by atoms with Crippen molar-refractivity contribution in [1.29, 1.82) is 0 Å². The number of amides is 2. The molecule has 0 bridgehead atoms. The molecule has 7 nitrogen and oxygen atoms in total. The molecule has 0 aliphatic rings. The quantitative estimate of drug-likeness (QED) is 0.500. The van der Waals surface area contributed by atoms with E-state index in [2.05, 4.69) is 5.32 Å². The summed E-state index contributed by atoms with van der Waals surface area (Å²) >= 11 is 18.0. The number of benzene rings is 2. The zero-order chi connectivity index (χ0) is 26.7. The molecule has 0 saturated carbocycles. The number of nitrogens with zero attached hydrogens (tertiary/aromatic N) is 2. The normalized spacial score (nSPS) is 12.7. The van der Waals surface area contributed by atoms with Gasteiger partial charge < -0.3 is 10.2 Å². The molecule has 2 aromatic rings. The van der Waals surface area contributed by atoms with E-state index in [-0.39, 0.29) is 21.6 Å². The van der Waals surface area contributed by atoms with Crippen molar-refractivity contribution in [2.45, 2.75) is 25.7 Å². The minimum atomic E-state index is -4.78. The van der Waals surface area contributed by atoms with Crippen LogP contribution in [0.15, 0.2) is 36.4 Å². The third-order valence-corrected chi connectivity index (χ3v) is 7.16. The summed E-state index contributed by atoms with van der Waals surface area (Å²) in [6, 6.07) is 5.57. The first-order valence-corrected chi connectivity index (χ1v) is 12.8. The van der Waals surface area contributed by atoms with Crippen LogP contribution in [0.5, 0.6) is 0 Å². The molecule has 0 heterocycles. The summed E-state index contributed by atoms with van der Waals surface area (Å²) in [6.07, 6.45) is -4.05. The monoisotopic (exact) mass is 573 g/mol. The Bertz CT molecular complexity index is 1230. The molecular weight excluding hydrogens is 554 g/mol. The fourth-order valence-electron chi connectivity index (χ4n) is 3.10. The topological polar surface area (TPSA) is 86.8 Å². The van der Waals surface area contributed by atoms with Crippen LogP contribution in [0.2, 0.25) is 15.1 Å². The fourth-order valence-corrected chi connectivity index (χ4v) is 4.54. The second kappa shape index (κ2) is 11.2. The number of nitrogens with one attached hydrogen (secondary N) is 1. The first-order chi connectivity index (χ1) is 16.1. The van der Waals surface area contributed by atoms with Crippen LogP contribution in [-0.2, 0) is 32.3 Å². The van der Waals surface area contributed by atoms with Crippen LogP contribution in [0.1, 0.15) is 18.1 Å². The molecule has 2 aromatic carbocycles. The van der Waals surface area contributed by atoms with Gasteiger partial charge in [0, 0.05) is 13.6 Å². The van der Waals surface area contributed by atoms with Crippen LogP contribution in [-0.4, -0.2) is 51.0 Å². The predicted molar refractivity (Wildman–Crippen MR) is 129 cm³/mol. The molecule has 0 saturated heterocycles. The van der Waals surface area contributed by atoms with Gasteiger partial charge in [0.05, 0.1) is 32.6 Å². The number of rotatable bonds is 8. The van der Waals surface area contributed by atoms with E-state index >= 15 is 0 Å². The highest BCUT2D eigenvalue weighted by Crippen LogP contribution is 2.36. The van der Waals surface area contributed by atoms with Gasteiger partial charge in [-0.15, -0.1) is 0 Å². The molecule has 0 spiro atoms. The van der Waals surface area contributed by atoms with Gasteiger partial charge in [0.1, 0.15) is 12.6 Å². The first-order valence-electron chi connectivity index (χ1n) is 9.85. The largest absolute Gasteiger partial charge is 0.416 e. The van der Waals surface area contributed by atoms with Crippen molar-refractivity contribution in [3.63, 3.8) is 0 Å². The lowest BCUT2D eigenvalue weighted by Crippen LogP contribution is -2.50. The van der Waals surface area contributed by atoms with Crippen molar-refractivity contribution in [3.05, 3.63) is 62.6 Å². The zero-order valence-electron chi connectivity index (χ0n) is 18.7. The Kier molecular flexibility index (Phi) is 9.32. The molecule has 0 fully saturated rings. The van der Waals surface area contributed by atoms with Crippen molar-refractivity contribution in [1.82, 2.24) is 10.2 Å². The lowest BCUT2D eigenvalue weighted by molar-refractivity contribution is -0.139. The summed E-state index contributed by atoms with van der Waals surface area (Å²) in [5, 5.41) is 2.54. The standard InChI is InChI=1S/C21H21Cl3F3N3O4S/c1-12(20(32)28-2)29(10-13-4-6-15(22)17(24)8-13)19(31)11-30(35(3,33)34)18-9-14(21(25,26)27)5-7-16(18)23/h4-9,12H,10-11H2,1-3H3,(H,28,32). The van der Waals surface area contributed by atoms with Gasteiger partial charge in [0.15, 0.2) is 0 Å². The highest BCUT2D eigenvalue weighted by molar-refractivity contribution is 7.92. The maximum Gasteiger partial charge on any atom is 0.416 e. The molecule has 0 radical (unpaired) electrons. The number of likely N-dealkylation sites (N-methyl/N-ethyl adjacent to an activating group) is 1. The van der Waals surface area contributed by atoms with Crippen LogP contribution in [0.3, 0.4) is 0 Å². The van der Waals surface area contributed by atoms with Crippen LogP contribution in [0.25, 0.3) is 0 Å². The van der Waals surface area contributed by atoms with Crippen molar-refractivity contribution >= 4 is 62.3 Å². The van der Waals surface area contributed by atoms with Crippen molar-refractivity contribution < 1.29 is 31.2 Å². The number of carbonyl (C=O) groups is 2. The molecule has 1 atom stereocenters. The number of halogens is 6. The van der Waals surface area contributed by atoms with Crippen molar-refractivity contribution in [2.75, 3.05) is 24.2 Å². The highest BCUT2D eigenvalue weighted by Gasteiger charge is 2.34. The second-order valence-corrected chi connectivity index (χ2v) is 10.6. The van der Waals surface area contributed by atoms with E-state index in [0.717, 1.165) is 17.2 Å². The van der Waals surface area contributed by atoms with Gasteiger partial charge >= 0.3 is 6.18 Å². The first kappa shape index (κ1) is 29.0. The minimum absolute atomic E-state index is 0.168. The van der Waals surface area contributed by atoms with E-state index in [4.69, 9.17) is 34.8 Å². The molecule has 0 aromatic heterocycles. The third kappa shape index (κ3) is 7.39. The van der Waals surface area contributed by atoms with Gasteiger partial charge in [-0.3, -0.25) is 13.9 Å². The Balaban J connectivity index is 2.51. The molecular formula is C21H21Cl3F3N3O4S. The van der Waals surface area contributed by atoms with Crippen molar-refractivity contribution in [2.24, 2.45) is 0 Å². The Labute approximate surface area is 215 Å². The molecule has 0 aliphatic carbocycles. The third-order valence-electron chi connectivity index (χ3n) is 4.97. The predicted octanol–water partition coefficient (Wildman–Crippen LogP) is 4.59. The Morgan fingerprint density at radius 3 is 2.14 bits per heavy atom. The molecule has 0 aliphatic heterocycles. The summed E-state index contributed by atoms with van der Waals surface area (Å²) in [6.45, 7) is 0.330. The summed E-state index contributed by atoms with van der Waals surface area (Å²) in [7, 11) is -2.92. The Morgan fingerprint density at radius 1 is 1.03 bits per heavy atom. The highest BCUT2D eigenvalue weighted by atomic mass is 35.5. The molecule has 2 amide bonds. The Morgan fingerprint density at radius 2 is 1.63 bits per heavy atom. The fraction of sp³-hybridized carbons (Fsp3) is 0.333.